The molecule has 0 atom stereocenters. The number of oxazole rings is 1. The summed E-state index contributed by atoms with van der Waals surface area (Å²) in [4.78, 5) is 16.7. The minimum Gasteiger partial charge on any atom is -0.493 e. The van der Waals surface area contributed by atoms with Gasteiger partial charge in [0.25, 0.3) is 5.89 Å². The lowest BCUT2D eigenvalue weighted by atomic mass is 10.2. The van der Waals surface area contributed by atoms with Crippen LogP contribution < -0.4 is 14.2 Å². The van der Waals surface area contributed by atoms with Crippen LogP contribution in [-0.4, -0.2) is 34.5 Å². The first-order chi connectivity index (χ1) is 17.0. The number of benzene rings is 1. The summed E-state index contributed by atoms with van der Waals surface area (Å²) in [5, 5.41) is 4.31. The Morgan fingerprint density at radius 3 is 2.69 bits per heavy atom. The lowest BCUT2D eigenvalue weighted by molar-refractivity contribution is 0.0521. The second-order valence-electron chi connectivity index (χ2n) is 7.49. The van der Waals surface area contributed by atoms with E-state index >= 15 is 0 Å². The summed E-state index contributed by atoms with van der Waals surface area (Å²) < 4.78 is 35.0. The largest absolute Gasteiger partial charge is 0.493 e. The molecule has 3 heterocycles. The van der Waals surface area contributed by atoms with Crippen LogP contribution in [0.1, 0.15) is 41.2 Å². The maximum atomic E-state index is 12.2. The number of rotatable bonds is 11. The van der Waals surface area contributed by atoms with Crippen molar-refractivity contribution in [1.29, 1.82) is 0 Å². The highest BCUT2D eigenvalue weighted by Gasteiger charge is 2.19. The number of nitrogens with zero attached hydrogens (tertiary/aromatic N) is 3. The molecule has 0 saturated heterocycles. The lowest BCUT2D eigenvalue weighted by Crippen LogP contribution is -2.07. The Labute approximate surface area is 202 Å². The van der Waals surface area contributed by atoms with E-state index in [-0.39, 0.29) is 31.3 Å². The van der Waals surface area contributed by atoms with Gasteiger partial charge in [-0.15, -0.1) is 5.10 Å². The van der Waals surface area contributed by atoms with E-state index in [1.54, 1.807) is 55.4 Å². The molecule has 4 rings (SSSR count). The number of furan rings is 1. The molecule has 0 spiro atoms. The summed E-state index contributed by atoms with van der Waals surface area (Å²) in [7, 11) is 1.56. The van der Waals surface area contributed by atoms with Crippen molar-refractivity contribution in [2.75, 3.05) is 13.7 Å². The third kappa shape index (κ3) is 5.48. The summed E-state index contributed by atoms with van der Waals surface area (Å²) in [5.41, 5.74) is 1.76. The molecule has 0 aliphatic heterocycles. The summed E-state index contributed by atoms with van der Waals surface area (Å²) in [5.74, 6) is 2.42. The lowest BCUT2D eigenvalue weighted by Gasteiger charge is -2.12. The van der Waals surface area contributed by atoms with Crippen molar-refractivity contribution in [2.45, 2.75) is 40.5 Å². The first-order valence-electron chi connectivity index (χ1n) is 11.2. The third-order valence-corrected chi connectivity index (χ3v) is 5.14. The van der Waals surface area contributed by atoms with Crippen LogP contribution in [0.5, 0.6) is 17.4 Å². The highest BCUT2D eigenvalue weighted by Crippen LogP contribution is 2.30. The number of esters is 1. The van der Waals surface area contributed by atoms with Gasteiger partial charge in [0.15, 0.2) is 17.3 Å². The van der Waals surface area contributed by atoms with Gasteiger partial charge in [-0.2, -0.15) is 0 Å². The standard InChI is InChI=1S/C25H27N3O7/c1-5-28-13-18(25(29)31-6-2)23(27-28)34-14-17-9-10-20(22(12-17)30-4)33-15-19-16(3)35-24(26-19)21-8-7-11-32-21/h7-13H,5-6,14-15H2,1-4H3. The molecule has 0 fully saturated rings. The van der Waals surface area contributed by atoms with Gasteiger partial charge in [0.1, 0.15) is 30.2 Å². The predicted octanol–water partition coefficient (Wildman–Crippen LogP) is 4.80. The normalized spacial score (nSPS) is 10.9. The molecule has 0 unspecified atom stereocenters. The SMILES string of the molecule is CCOC(=O)c1cn(CC)nc1OCc1ccc(OCc2nc(-c3ccco3)oc2C)c(OC)c1. The predicted molar refractivity (Wildman–Crippen MR) is 124 cm³/mol. The first-order valence-corrected chi connectivity index (χ1v) is 11.2. The van der Waals surface area contributed by atoms with Crippen molar-refractivity contribution in [3.8, 4) is 29.0 Å². The molecule has 1 aromatic carbocycles. The van der Waals surface area contributed by atoms with Gasteiger partial charge in [-0.25, -0.2) is 9.78 Å². The van der Waals surface area contributed by atoms with Crippen LogP contribution in [0.15, 0.2) is 51.6 Å². The Morgan fingerprint density at radius 1 is 1.11 bits per heavy atom. The molecule has 0 amide bonds. The van der Waals surface area contributed by atoms with E-state index in [9.17, 15) is 4.79 Å². The van der Waals surface area contributed by atoms with E-state index in [1.165, 1.54) is 0 Å². The highest BCUT2D eigenvalue weighted by molar-refractivity contribution is 5.91. The molecule has 0 aliphatic carbocycles. The van der Waals surface area contributed by atoms with E-state index in [2.05, 4.69) is 10.1 Å². The Hall–Kier alpha value is -4.21. The second-order valence-corrected chi connectivity index (χ2v) is 7.49. The van der Waals surface area contributed by atoms with Gasteiger partial charge in [0, 0.05) is 12.7 Å². The molecule has 0 N–H and O–H groups in total. The average molecular weight is 482 g/mol. The average Bonchev–Trinajstić information content (AvgIpc) is 3.61. The van der Waals surface area contributed by atoms with Crippen molar-refractivity contribution < 1.29 is 32.6 Å². The minimum absolute atomic E-state index is 0.179. The maximum Gasteiger partial charge on any atom is 0.345 e. The molecular weight excluding hydrogens is 454 g/mol. The summed E-state index contributed by atoms with van der Waals surface area (Å²) in [6, 6.07) is 9.00. The summed E-state index contributed by atoms with van der Waals surface area (Å²) >= 11 is 0. The van der Waals surface area contributed by atoms with E-state index < -0.39 is 5.97 Å². The van der Waals surface area contributed by atoms with Gasteiger partial charge in [-0.05, 0) is 50.6 Å². The third-order valence-electron chi connectivity index (χ3n) is 5.14. The van der Waals surface area contributed by atoms with Crippen LogP contribution in [0, 0.1) is 6.92 Å². The van der Waals surface area contributed by atoms with Crippen LogP contribution in [0.2, 0.25) is 0 Å². The van der Waals surface area contributed by atoms with E-state index in [0.717, 1.165) is 5.56 Å². The zero-order valence-corrected chi connectivity index (χ0v) is 20.1. The first kappa shape index (κ1) is 23.9. The van der Waals surface area contributed by atoms with Crippen molar-refractivity contribution in [1.82, 2.24) is 14.8 Å². The molecular formula is C25H27N3O7. The topological polar surface area (TPSA) is 111 Å². The molecule has 4 aromatic rings. The van der Waals surface area contributed by atoms with Gasteiger partial charge in [0.2, 0.25) is 5.88 Å². The Bertz CT molecular complexity index is 1270. The number of hydrogen-bond donors (Lipinski definition) is 0. The fourth-order valence-electron chi connectivity index (χ4n) is 3.31. The number of carbonyl (C=O) groups is 1. The van der Waals surface area contributed by atoms with Crippen molar-refractivity contribution in [3.05, 3.63) is 65.4 Å². The number of aryl methyl sites for hydroxylation is 2. The molecule has 3 aromatic heterocycles. The zero-order valence-electron chi connectivity index (χ0n) is 20.1. The van der Waals surface area contributed by atoms with Crippen molar-refractivity contribution in [3.63, 3.8) is 0 Å². The van der Waals surface area contributed by atoms with Gasteiger partial charge >= 0.3 is 5.97 Å². The molecule has 35 heavy (non-hydrogen) atoms. The number of aromatic nitrogens is 3. The number of hydrogen-bond acceptors (Lipinski definition) is 9. The maximum absolute atomic E-state index is 12.2. The Morgan fingerprint density at radius 2 is 1.97 bits per heavy atom. The number of carbonyl (C=O) groups excluding carboxylic acids is 1. The molecule has 184 valence electrons. The molecule has 0 bridgehead atoms. The Kier molecular flexibility index (Phi) is 7.39. The second kappa shape index (κ2) is 10.8. The molecule has 0 saturated carbocycles. The fraction of sp³-hybridized carbons (Fsp3) is 0.320. The van der Waals surface area contributed by atoms with E-state index in [4.69, 9.17) is 27.8 Å². The number of methoxy groups -OCH3 is 1. The molecule has 0 aliphatic rings. The highest BCUT2D eigenvalue weighted by atomic mass is 16.5. The van der Waals surface area contributed by atoms with E-state index in [1.807, 2.05) is 19.9 Å². The Balaban J connectivity index is 1.43. The van der Waals surface area contributed by atoms with Gasteiger partial charge in [-0.3, -0.25) is 4.68 Å². The van der Waals surface area contributed by atoms with Crippen LogP contribution in [0.3, 0.4) is 0 Å². The van der Waals surface area contributed by atoms with Gasteiger partial charge < -0.3 is 27.8 Å². The van der Waals surface area contributed by atoms with E-state index in [0.29, 0.717) is 41.1 Å². The van der Waals surface area contributed by atoms with Crippen LogP contribution in [-0.2, 0) is 24.5 Å². The summed E-state index contributed by atoms with van der Waals surface area (Å²) in [6.07, 6.45) is 3.18. The monoisotopic (exact) mass is 481 g/mol. The molecule has 10 heteroatoms. The number of ether oxygens (including phenoxy) is 4. The van der Waals surface area contributed by atoms with Crippen LogP contribution >= 0.6 is 0 Å². The smallest absolute Gasteiger partial charge is 0.345 e. The summed E-state index contributed by atoms with van der Waals surface area (Å²) in [6.45, 7) is 6.74. The molecule has 10 nitrogen and oxygen atoms in total. The van der Waals surface area contributed by atoms with Crippen molar-refractivity contribution in [2.24, 2.45) is 0 Å². The van der Waals surface area contributed by atoms with Gasteiger partial charge in [0.05, 0.1) is 20.0 Å². The molecule has 0 radical (unpaired) electrons. The van der Waals surface area contributed by atoms with Crippen molar-refractivity contribution >= 4 is 5.97 Å². The van der Waals surface area contributed by atoms with Crippen LogP contribution in [0.4, 0.5) is 0 Å². The quantitative estimate of drug-likeness (QED) is 0.279. The fourth-order valence-corrected chi connectivity index (χ4v) is 3.31. The zero-order chi connectivity index (χ0) is 24.8. The van der Waals surface area contributed by atoms with Gasteiger partial charge in [-0.1, -0.05) is 6.07 Å². The minimum atomic E-state index is -0.470. The van der Waals surface area contributed by atoms with Crippen LogP contribution in [0.25, 0.3) is 11.7 Å².